The van der Waals surface area contributed by atoms with Crippen LogP contribution in [-0.4, -0.2) is 66.0 Å². The van der Waals surface area contributed by atoms with Crippen molar-refractivity contribution in [1.29, 1.82) is 0 Å². The first-order valence-electron chi connectivity index (χ1n) is 7.77. The second-order valence-corrected chi connectivity index (χ2v) is 6.06. The summed E-state index contributed by atoms with van der Waals surface area (Å²) >= 11 is 6.02. The van der Waals surface area contributed by atoms with E-state index < -0.39 is 29.3 Å². The topological polar surface area (TPSA) is 113 Å². The summed E-state index contributed by atoms with van der Waals surface area (Å²) in [4.78, 5) is 29.1. The summed E-state index contributed by atoms with van der Waals surface area (Å²) in [7, 11) is 2.23. The van der Waals surface area contributed by atoms with Crippen LogP contribution in [-0.2, 0) is 19.1 Å². The van der Waals surface area contributed by atoms with Crippen LogP contribution in [0.3, 0.4) is 0 Å². The molecule has 2 unspecified atom stereocenters. The number of amidine groups is 1. The number of hydrazone groups is 1. The van der Waals surface area contributed by atoms with E-state index in [0.717, 1.165) is 14.2 Å². The molecule has 2 aliphatic rings. The number of hydrogen-bond acceptors (Lipinski definition) is 9. The largest absolute Gasteiger partial charge is 0.466 e. The molecule has 2 aliphatic heterocycles. The Morgan fingerprint density at radius 3 is 2.73 bits per heavy atom. The molecule has 1 aromatic rings. The minimum atomic E-state index is -2.42. The van der Waals surface area contributed by atoms with Gasteiger partial charge >= 0.3 is 11.9 Å². The van der Waals surface area contributed by atoms with Crippen molar-refractivity contribution in [2.75, 3.05) is 26.1 Å². The van der Waals surface area contributed by atoms with Gasteiger partial charge in [0, 0.05) is 11.6 Å². The highest BCUT2D eigenvalue weighted by Crippen LogP contribution is 2.38. The minimum Gasteiger partial charge on any atom is -0.466 e. The predicted octanol–water partition coefficient (Wildman–Crippen LogP) is 0.933. The molecule has 1 aromatic carbocycles. The number of nitrogens with one attached hydrogen (secondary N) is 1. The summed E-state index contributed by atoms with van der Waals surface area (Å²) in [5.41, 5.74) is -1.86. The zero-order valence-electron chi connectivity index (χ0n) is 14.3. The quantitative estimate of drug-likeness (QED) is 0.750. The lowest BCUT2D eigenvalue weighted by Crippen LogP contribution is -2.69. The monoisotopic (exact) mass is 380 g/mol. The molecule has 0 spiro atoms. The number of aliphatic imine (C=N–C) groups is 1. The number of esters is 2. The fourth-order valence-electron chi connectivity index (χ4n) is 2.91. The van der Waals surface area contributed by atoms with E-state index in [-0.39, 0.29) is 5.84 Å². The van der Waals surface area contributed by atoms with Crippen molar-refractivity contribution in [3.8, 4) is 0 Å². The number of carbonyl (C=O) groups is 2. The molecule has 10 heteroatoms. The number of anilines is 1. The molecular formula is C16H17ClN4O5. The molecule has 0 aromatic heterocycles. The second-order valence-electron chi connectivity index (χ2n) is 5.62. The van der Waals surface area contributed by atoms with E-state index in [9.17, 15) is 14.7 Å². The number of benzene rings is 1. The van der Waals surface area contributed by atoms with E-state index in [4.69, 9.17) is 16.3 Å². The summed E-state index contributed by atoms with van der Waals surface area (Å²) in [6.45, 7) is 2.13. The Morgan fingerprint density at radius 2 is 2.12 bits per heavy atom. The van der Waals surface area contributed by atoms with Crippen LogP contribution in [0.1, 0.15) is 6.92 Å². The average molecular weight is 381 g/mol. The van der Waals surface area contributed by atoms with Crippen molar-refractivity contribution < 1.29 is 24.2 Å². The first kappa shape index (κ1) is 18.2. The number of ether oxygens (including phenoxy) is 2. The average Bonchev–Trinajstić information content (AvgIpc) is 2.65. The minimum absolute atomic E-state index is 0.267. The highest BCUT2D eigenvalue weighted by atomic mass is 35.5. The Labute approximate surface area is 154 Å². The SMILES string of the molecule is CCN1N=C(C(=O)OC)C(O)(C(=O)OC)C2Nc3cc(Cl)ccc3N=C21. The standard InChI is InChI=1S/C16H17ClN4O5/c1-4-21-13-11(18-10-7-8(17)5-6-9(10)19-13)16(24,15(23)26-3)12(20-21)14(22)25-2/h5-7,11,18,24H,4H2,1-3H3. The summed E-state index contributed by atoms with van der Waals surface area (Å²) in [6.07, 6.45) is 0. The summed E-state index contributed by atoms with van der Waals surface area (Å²) in [6, 6.07) is 3.85. The lowest BCUT2D eigenvalue weighted by molar-refractivity contribution is -0.157. The van der Waals surface area contributed by atoms with Gasteiger partial charge in [0.1, 0.15) is 6.04 Å². The number of aliphatic hydroxyl groups is 1. The molecule has 0 amide bonds. The van der Waals surface area contributed by atoms with Crippen molar-refractivity contribution >= 4 is 46.5 Å². The van der Waals surface area contributed by atoms with Crippen LogP contribution in [0.15, 0.2) is 28.3 Å². The number of methoxy groups -OCH3 is 2. The lowest BCUT2D eigenvalue weighted by Gasteiger charge is -2.43. The van der Waals surface area contributed by atoms with Gasteiger partial charge in [-0.2, -0.15) is 5.10 Å². The van der Waals surface area contributed by atoms with Gasteiger partial charge in [-0.3, -0.25) is 0 Å². The fraction of sp³-hybridized carbons (Fsp3) is 0.375. The van der Waals surface area contributed by atoms with Crippen molar-refractivity contribution in [3.05, 3.63) is 23.2 Å². The number of nitrogens with zero attached hydrogens (tertiary/aromatic N) is 3. The van der Waals surface area contributed by atoms with Crippen LogP contribution in [0.4, 0.5) is 11.4 Å². The molecule has 0 bridgehead atoms. The second kappa shape index (κ2) is 6.58. The Hall–Kier alpha value is -2.65. The zero-order valence-corrected chi connectivity index (χ0v) is 15.1. The Balaban J connectivity index is 2.23. The van der Waals surface area contributed by atoms with Gasteiger partial charge in [-0.1, -0.05) is 11.6 Å². The number of carbonyl (C=O) groups excluding carboxylic acids is 2. The summed E-state index contributed by atoms with van der Waals surface area (Å²) in [5, 5.41) is 20.2. The van der Waals surface area contributed by atoms with Gasteiger partial charge in [0.15, 0.2) is 11.5 Å². The molecule has 2 heterocycles. The smallest absolute Gasteiger partial charge is 0.358 e. The van der Waals surface area contributed by atoms with Crippen LogP contribution in [0, 0.1) is 0 Å². The van der Waals surface area contributed by atoms with Crippen LogP contribution < -0.4 is 5.32 Å². The zero-order chi connectivity index (χ0) is 19.1. The van der Waals surface area contributed by atoms with Gasteiger partial charge < -0.3 is 19.9 Å². The van der Waals surface area contributed by atoms with E-state index in [1.165, 1.54) is 5.01 Å². The molecule has 26 heavy (non-hydrogen) atoms. The van der Waals surface area contributed by atoms with Gasteiger partial charge in [0.05, 0.1) is 25.6 Å². The maximum absolute atomic E-state index is 12.4. The number of halogens is 1. The highest BCUT2D eigenvalue weighted by Gasteiger charge is 2.59. The van der Waals surface area contributed by atoms with Crippen molar-refractivity contribution in [1.82, 2.24) is 5.01 Å². The van der Waals surface area contributed by atoms with E-state index in [2.05, 4.69) is 20.1 Å². The molecule has 138 valence electrons. The third-order valence-electron chi connectivity index (χ3n) is 4.19. The molecule has 0 radical (unpaired) electrons. The molecular weight excluding hydrogens is 364 g/mol. The van der Waals surface area contributed by atoms with Crippen LogP contribution in [0.2, 0.25) is 5.02 Å². The van der Waals surface area contributed by atoms with Crippen LogP contribution in [0.25, 0.3) is 0 Å². The molecule has 2 atom stereocenters. The molecule has 0 saturated carbocycles. The Bertz CT molecular complexity index is 840. The maximum Gasteiger partial charge on any atom is 0.358 e. The number of rotatable bonds is 3. The first-order chi connectivity index (χ1) is 12.4. The molecule has 2 N–H and O–H groups in total. The molecule has 3 rings (SSSR count). The van der Waals surface area contributed by atoms with E-state index in [0.29, 0.717) is 22.9 Å². The van der Waals surface area contributed by atoms with E-state index in [1.807, 2.05) is 0 Å². The van der Waals surface area contributed by atoms with Crippen LogP contribution in [0.5, 0.6) is 0 Å². The van der Waals surface area contributed by atoms with Gasteiger partial charge in [0.25, 0.3) is 0 Å². The van der Waals surface area contributed by atoms with E-state index >= 15 is 0 Å². The van der Waals surface area contributed by atoms with E-state index in [1.54, 1.807) is 25.1 Å². The normalized spacial score (nSPS) is 23.7. The molecule has 0 fully saturated rings. The third-order valence-corrected chi connectivity index (χ3v) is 4.43. The molecule has 0 aliphatic carbocycles. The molecule has 0 saturated heterocycles. The van der Waals surface area contributed by atoms with Crippen molar-refractivity contribution in [3.63, 3.8) is 0 Å². The van der Waals surface area contributed by atoms with Gasteiger partial charge in [0.2, 0.25) is 5.60 Å². The van der Waals surface area contributed by atoms with Crippen LogP contribution >= 0.6 is 11.6 Å². The Morgan fingerprint density at radius 1 is 1.38 bits per heavy atom. The number of hydrogen-bond donors (Lipinski definition) is 2. The third kappa shape index (κ3) is 2.60. The maximum atomic E-state index is 12.4. The number of fused-ring (bicyclic) bond motifs is 2. The van der Waals surface area contributed by atoms with Gasteiger partial charge in [-0.15, -0.1) is 0 Å². The predicted molar refractivity (Wildman–Crippen MR) is 94.8 cm³/mol. The first-order valence-corrected chi connectivity index (χ1v) is 8.15. The number of likely N-dealkylation sites (N-methyl/N-ethyl adjacent to an activating group) is 1. The van der Waals surface area contributed by atoms with Crippen molar-refractivity contribution in [2.24, 2.45) is 10.1 Å². The van der Waals surface area contributed by atoms with Gasteiger partial charge in [-0.05, 0) is 25.1 Å². The molecule has 9 nitrogen and oxygen atoms in total. The lowest BCUT2D eigenvalue weighted by atomic mass is 9.85. The summed E-state index contributed by atoms with van der Waals surface area (Å²) < 4.78 is 9.42. The van der Waals surface area contributed by atoms with Crippen molar-refractivity contribution in [2.45, 2.75) is 18.6 Å². The Kier molecular flexibility index (Phi) is 4.59. The van der Waals surface area contributed by atoms with Gasteiger partial charge in [-0.25, -0.2) is 19.6 Å². The fourth-order valence-corrected chi connectivity index (χ4v) is 3.08. The highest BCUT2D eigenvalue weighted by molar-refractivity contribution is 6.46. The summed E-state index contributed by atoms with van der Waals surface area (Å²) in [5.74, 6) is -1.75.